The first-order valence-corrected chi connectivity index (χ1v) is 13.1. The van der Waals surface area contributed by atoms with Gasteiger partial charge in [-0.25, -0.2) is 25.3 Å². The predicted molar refractivity (Wildman–Crippen MR) is 109 cm³/mol. The Balaban J connectivity index is 2.23. The lowest BCUT2D eigenvalue weighted by molar-refractivity contribution is 0.461. The number of benzene rings is 3. The highest BCUT2D eigenvalue weighted by Gasteiger charge is 2.34. The van der Waals surface area contributed by atoms with Gasteiger partial charge in [-0.05, 0) is 53.1 Å². The van der Waals surface area contributed by atoms with E-state index in [1.54, 1.807) is 0 Å². The van der Waals surface area contributed by atoms with Crippen molar-refractivity contribution in [3.8, 4) is 0 Å². The van der Waals surface area contributed by atoms with Crippen LogP contribution in [-0.2, 0) is 35.2 Å². The molecular formula is C19H12ClO9S3-3. The summed E-state index contributed by atoms with van der Waals surface area (Å²) in [6.07, 6.45) is 0. The maximum Gasteiger partial charge on any atom is 0.124 e. The molecule has 0 radical (unpaired) electrons. The van der Waals surface area contributed by atoms with E-state index in [1.165, 1.54) is 36.4 Å². The van der Waals surface area contributed by atoms with Crippen LogP contribution < -0.4 is 0 Å². The van der Waals surface area contributed by atoms with Crippen molar-refractivity contribution < 1.29 is 38.9 Å². The molecule has 0 N–H and O–H groups in total. The van der Waals surface area contributed by atoms with Crippen LogP contribution >= 0.6 is 11.6 Å². The van der Waals surface area contributed by atoms with Crippen molar-refractivity contribution in [2.75, 3.05) is 0 Å². The van der Waals surface area contributed by atoms with E-state index in [1.807, 2.05) is 0 Å². The van der Waals surface area contributed by atoms with E-state index >= 15 is 0 Å². The second kappa shape index (κ2) is 8.23. The minimum Gasteiger partial charge on any atom is -0.744 e. The van der Waals surface area contributed by atoms with E-state index in [4.69, 9.17) is 11.6 Å². The molecule has 170 valence electrons. The van der Waals surface area contributed by atoms with Crippen LogP contribution in [0.25, 0.3) is 0 Å². The summed E-state index contributed by atoms with van der Waals surface area (Å²) in [5.41, 5.74) is 0.714. The van der Waals surface area contributed by atoms with Crippen molar-refractivity contribution in [2.45, 2.75) is 19.6 Å². The molecule has 0 saturated carbocycles. The second-order valence-electron chi connectivity index (χ2n) is 6.59. The topological polar surface area (TPSA) is 172 Å². The Hall–Kier alpha value is -2.32. The lowest BCUT2D eigenvalue weighted by atomic mass is 9.84. The van der Waals surface area contributed by atoms with Crippen molar-refractivity contribution >= 4 is 42.0 Å². The van der Waals surface area contributed by atoms with E-state index in [0.29, 0.717) is 0 Å². The maximum absolute atomic E-state index is 11.2. The van der Waals surface area contributed by atoms with Gasteiger partial charge in [0, 0.05) is 0 Å². The van der Waals surface area contributed by atoms with E-state index in [-0.39, 0.29) is 16.7 Å². The zero-order valence-electron chi connectivity index (χ0n) is 15.7. The fraction of sp³-hybridized carbons (Fsp3) is 0.0526. The average Bonchev–Trinajstić information content (AvgIpc) is 2.71. The van der Waals surface area contributed by atoms with Gasteiger partial charge in [-0.3, -0.25) is 0 Å². The van der Waals surface area contributed by atoms with Gasteiger partial charge >= 0.3 is 0 Å². The molecule has 13 heteroatoms. The third kappa shape index (κ3) is 4.86. The van der Waals surface area contributed by atoms with Gasteiger partial charge in [-0.1, -0.05) is 36.4 Å². The van der Waals surface area contributed by atoms with E-state index in [2.05, 4.69) is 0 Å². The van der Waals surface area contributed by atoms with E-state index < -0.39 is 49.9 Å². The summed E-state index contributed by atoms with van der Waals surface area (Å²) in [5, 5.41) is 0. The molecule has 0 atom stereocenters. The van der Waals surface area contributed by atoms with Crippen LogP contribution in [0.2, 0.25) is 0 Å². The van der Waals surface area contributed by atoms with E-state index in [9.17, 15) is 38.9 Å². The third-order valence-corrected chi connectivity index (χ3v) is 7.83. The van der Waals surface area contributed by atoms with Gasteiger partial charge in [-0.15, -0.1) is 11.6 Å². The Morgan fingerprint density at radius 1 is 0.469 bits per heavy atom. The van der Waals surface area contributed by atoms with E-state index in [0.717, 1.165) is 36.4 Å². The first-order valence-electron chi connectivity index (χ1n) is 8.52. The van der Waals surface area contributed by atoms with Crippen LogP contribution in [0.4, 0.5) is 0 Å². The molecule has 0 fully saturated rings. The Kier molecular flexibility index (Phi) is 6.25. The van der Waals surface area contributed by atoms with Gasteiger partial charge < -0.3 is 13.7 Å². The van der Waals surface area contributed by atoms with Crippen molar-refractivity contribution in [3.05, 3.63) is 89.5 Å². The molecule has 0 saturated heterocycles. The van der Waals surface area contributed by atoms with Crippen molar-refractivity contribution in [3.63, 3.8) is 0 Å². The summed E-state index contributed by atoms with van der Waals surface area (Å²) < 4.78 is 101. The summed E-state index contributed by atoms with van der Waals surface area (Å²) in [7, 11) is -14.2. The molecule has 0 aliphatic carbocycles. The normalized spacial score (nSPS) is 13.1. The molecule has 3 aromatic carbocycles. The molecule has 0 heterocycles. The standard InChI is InChI=1S/C19H15ClO9S3/c20-19(13-1-7-16(8-2-13)30(21,22)23,14-3-9-17(10-4-14)31(24,25)26)15-5-11-18(12-6-15)32(27,28)29/h1-12H,(H,21,22,23)(H,24,25,26)(H,27,28,29)/p-3. The molecule has 0 bridgehead atoms. The third-order valence-electron chi connectivity index (χ3n) is 4.62. The molecular weight excluding hydrogens is 504 g/mol. The minimum absolute atomic E-state index is 0.238. The Bertz CT molecular complexity index is 1280. The van der Waals surface area contributed by atoms with Crippen molar-refractivity contribution in [1.82, 2.24) is 0 Å². The van der Waals surface area contributed by atoms with Crippen LogP contribution in [0.15, 0.2) is 87.5 Å². The Morgan fingerprint density at radius 3 is 0.812 bits per heavy atom. The molecule has 0 spiro atoms. The first kappa shape index (κ1) is 24.3. The monoisotopic (exact) mass is 515 g/mol. The highest BCUT2D eigenvalue weighted by atomic mass is 35.5. The fourth-order valence-electron chi connectivity index (χ4n) is 3.05. The first-order chi connectivity index (χ1) is 14.6. The van der Waals surface area contributed by atoms with Gasteiger partial charge in [0.15, 0.2) is 0 Å². The molecule has 0 aromatic heterocycles. The summed E-state index contributed by atoms with van der Waals surface area (Å²) in [5.74, 6) is 0. The van der Waals surface area contributed by atoms with Gasteiger partial charge in [-0.2, -0.15) is 0 Å². The summed E-state index contributed by atoms with van der Waals surface area (Å²) in [6.45, 7) is 0. The lowest BCUT2D eigenvalue weighted by Crippen LogP contribution is -2.23. The van der Waals surface area contributed by atoms with Crippen LogP contribution in [0.1, 0.15) is 16.7 Å². The van der Waals surface area contributed by atoms with Crippen LogP contribution in [0, 0.1) is 0 Å². The molecule has 0 unspecified atom stereocenters. The lowest BCUT2D eigenvalue weighted by Gasteiger charge is -2.30. The number of hydrogen-bond acceptors (Lipinski definition) is 9. The molecule has 32 heavy (non-hydrogen) atoms. The smallest absolute Gasteiger partial charge is 0.124 e. The predicted octanol–water partition coefficient (Wildman–Crippen LogP) is 1.93. The molecule has 0 aliphatic heterocycles. The van der Waals surface area contributed by atoms with Gasteiger partial charge in [0.1, 0.15) is 35.2 Å². The molecule has 3 aromatic rings. The van der Waals surface area contributed by atoms with Crippen molar-refractivity contribution in [1.29, 1.82) is 0 Å². The highest BCUT2D eigenvalue weighted by molar-refractivity contribution is 7.86. The van der Waals surface area contributed by atoms with Gasteiger partial charge in [0.2, 0.25) is 0 Å². The summed E-state index contributed by atoms with van der Waals surface area (Å²) in [6, 6.07) is 13.7. The molecule has 3 rings (SSSR count). The van der Waals surface area contributed by atoms with Crippen LogP contribution in [-0.4, -0.2) is 38.9 Å². The molecule has 0 amide bonds. The summed E-state index contributed by atoms with van der Waals surface area (Å²) in [4.78, 5) is -3.18. The Labute approximate surface area is 189 Å². The quantitative estimate of drug-likeness (QED) is 0.270. The number of alkyl halides is 1. The maximum atomic E-state index is 11.2. The fourth-order valence-corrected chi connectivity index (χ4v) is 4.84. The number of hydrogen-bond donors (Lipinski definition) is 0. The highest BCUT2D eigenvalue weighted by Crippen LogP contribution is 2.43. The SMILES string of the molecule is O=S(=O)([O-])c1ccc(C(Cl)(c2ccc(S(=O)(=O)[O-])cc2)c2ccc(S(=O)(=O)[O-])cc2)cc1. The zero-order valence-corrected chi connectivity index (χ0v) is 18.9. The second-order valence-corrected chi connectivity index (χ2v) is 11.3. The van der Waals surface area contributed by atoms with Crippen LogP contribution in [0.5, 0.6) is 0 Å². The average molecular weight is 516 g/mol. The zero-order chi connectivity index (χ0) is 23.9. The van der Waals surface area contributed by atoms with Gasteiger partial charge in [0.25, 0.3) is 0 Å². The van der Waals surface area contributed by atoms with Crippen molar-refractivity contribution in [2.24, 2.45) is 0 Å². The summed E-state index contributed by atoms with van der Waals surface area (Å²) >= 11 is 6.93. The minimum atomic E-state index is -4.73. The van der Waals surface area contributed by atoms with Gasteiger partial charge in [0.05, 0.1) is 14.7 Å². The van der Waals surface area contributed by atoms with Crippen LogP contribution in [0.3, 0.4) is 0 Å². The number of halogens is 1. The molecule has 0 aliphatic rings. The molecule has 9 nitrogen and oxygen atoms in total. The Morgan fingerprint density at radius 2 is 0.656 bits per heavy atom. The largest absolute Gasteiger partial charge is 0.744 e. The number of rotatable bonds is 6.